The van der Waals surface area contributed by atoms with Gasteiger partial charge in [0.05, 0.1) is 5.56 Å². The summed E-state index contributed by atoms with van der Waals surface area (Å²) in [4.78, 5) is 7.51. The van der Waals surface area contributed by atoms with Crippen LogP contribution < -0.4 is 11.1 Å². The van der Waals surface area contributed by atoms with Crippen LogP contribution in [0, 0.1) is 19.8 Å². The Morgan fingerprint density at radius 3 is 2.67 bits per heavy atom. The number of thiocarbonyl (C=S) groups is 1. The van der Waals surface area contributed by atoms with Gasteiger partial charge in [-0.25, -0.2) is 4.98 Å². The first-order chi connectivity index (χ1) is 10.0. The molecule has 0 aliphatic carbocycles. The molecular formula is C16H26N4S. The van der Waals surface area contributed by atoms with Gasteiger partial charge in [0.25, 0.3) is 0 Å². The molecular weight excluding hydrogens is 280 g/mol. The Kier molecular flexibility index (Phi) is 5.53. The van der Waals surface area contributed by atoms with E-state index in [1.807, 2.05) is 19.9 Å². The highest BCUT2D eigenvalue weighted by Gasteiger charge is 2.19. The summed E-state index contributed by atoms with van der Waals surface area (Å²) in [5, 5.41) is 3.48. The zero-order chi connectivity index (χ0) is 15.4. The third kappa shape index (κ3) is 4.14. The zero-order valence-electron chi connectivity index (χ0n) is 13.3. The van der Waals surface area contributed by atoms with E-state index in [1.54, 1.807) is 0 Å². The second-order valence-corrected chi connectivity index (χ2v) is 6.37. The second kappa shape index (κ2) is 7.18. The molecule has 5 heteroatoms. The van der Waals surface area contributed by atoms with Crippen molar-refractivity contribution in [3.05, 3.63) is 22.9 Å². The maximum absolute atomic E-state index is 5.86. The molecule has 0 amide bonds. The number of hydrogen-bond donors (Lipinski definition) is 2. The summed E-state index contributed by atoms with van der Waals surface area (Å²) >= 11 is 5.17. The molecule has 2 rings (SSSR count). The average molecular weight is 306 g/mol. The fourth-order valence-corrected chi connectivity index (χ4v) is 3.28. The Balaban J connectivity index is 2.02. The van der Waals surface area contributed by atoms with Gasteiger partial charge in [0.2, 0.25) is 0 Å². The number of likely N-dealkylation sites (tertiary alicyclic amines) is 1. The lowest BCUT2D eigenvalue weighted by Crippen LogP contribution is -2.35. The molecule has 21 heavy (non-hydrogen) atoms. The lowest BCUT2D eigenvalue weighted by Gasteiger charge is -2.31. The van der Waals surface area contributed by atoms with E-state index in [1.165, 1.54) is 25.9 Å². The highest BCUT2D eigenvalue weighted by molar-refractivity contribution is 7.80. The van der Waals surface area contributed by atoms with E-state index in [9.17, 15) is 0 Å². The summed E-state index contributed by atoms with van der Waals surface area (Å²) in [7, 11) is 0. The quantitative estimate of drug-likeness (QED) is 0.819. The van der Waals surface area contributed by atoms with Gasteiger partial charge in [-0.2, -0.15) is 0 Å². The van der Waals surface area contributed by atoms with Crippen LogP contribution in [-0.4, -0.2) is 41.1 Å². The monoisotopic (exact) mass is 306 g/mol. The normalized spacial score (nSPS) is 16.9. The van der Waals surface area contributed by atoms with Crippen molar-refractivity contribution >= 4 is 23.0 Å². The number of rotatable bonds is 5. The zero-order valence-corrected chi connectivity index (χ0v) is 14.1. The van der Waals surface area contributed by atoms with Gasteiger partial charge in [-0.15, -0.1) is 0 Å². The van der Waals surface area contributed by atoms with E-state index >= 15 is 0 Å². The van der Waals surface area contributed by atoms with Gasteiger partial charge in [0.1, 0.15) is 10.8 Å². The van der Waals surface area contributed by atoms with Crippen molar-refractivity contribution in [2.45, 2.75) is 33.6 Å². The number of pyridine rings is 1. The van der Waals surface area contributed by atoms with Crippen molar-refractivity contribution in [3.63, 3.8) is 0 Å². The molecule has 1 saturated heterocycles. The largest absolute Gasteiger partial charge is 0.389 e. The van der Waals surface area contributed by atoms with Crippen LogP contribution in [0.1, 0.15) is 36.6 Å². The number of nitrogens with one attached hydrogen (secondary N) is 1. The lowest BCUT2D eigenvalue weighted by atomic mass is 9.96. The minimum absolute atomic E-state index is 0.420. The Morgan fingerprint density at radius 1 is 1.43 bits per heavy atom. The molecule has 4 nitrogen and oxygen atoms in total. The molecule has 1 fully saturated rings. The molecule has 1 aromatic heterocycles. The summed E-state index contributed by atoms with van der Waals surface area (Å²) in [6.45, 7) is 10.8. The van der Waals surface area contributed by atoms with Crippen molar-refractivity contribution in [1.29, 1.82) is 0 Å². The van der Waals surface area contributed by atoms with Gasteiger partial charge in [-0.3, -0.25) is 0 Å². The highest BCUT2D eigenvalue weighted by Crippen LogP contribution is 2.21. The third-order valence-electron chi connectivity index (χ3n) is 4.30. The molecule has 1 aromatic rings. The molecule has 0 atom stereocenters. The van der Waals surface area contributed by atoms with Crippen LogP contribution in [0.4, 0.5) is 5.82 Å². The Labute approximate surface area is 133 Å². The Hall–Kier alpha value is -1.20. The van der Waals surface area contributed by atoms with Crippen molar-refractivity contribution < 1.29 is 0 Å². The molecule has 0 unspecified atom stereocenters. The first-order valence-electron chi connectivity index (χ1n) is 7.75. The molecule has 0 aromatic carbocycles. The number of anilines is 1. The predicted molar refractivity (Wildman–Crippen MR) is 92.9 cm³/mol. The van der Waals surface area contributed by atoms with Crippen LogP contribution >= 0.6 is 12.2 Å². The minimum atomic E-state index is 0.420. The van der Waals surface area contributed by atoms with Gasteiger partial charge in [0, 0.05) is 12.2 Å². The number of aryl methyl sites for hydroxylation is 2. The SMILES string of the molecule is CCN1CCC(CNc2nc(C)cc(C)c2C(N)=S)CC1. The van der Waals surface area contributed by atoms with Crippen LogP contribution in [0.2, 0.25) is 0 Å². The number of nitrogens with two attached hydrogens (primary N) is 1. The number of hydrogen-bond acceptors (Lipinski definition) is 4. The predicted octanol–water partition coefficient (Wildman–Crippen LogP) is 2.48. The Morgan fingerprint density at radius 2 is 2.10 bits per heavy atom. The molecule has 0 bridgehead atoms. The van der Waals surface area contributed by atoms with Gasteiger partial charge < -0.3 is 16.0 Å². The third-order valence-corrected chi connectivity index (χ3v) is 4.51. The van der Waals surface area contributed by atoms with Gasteiger partial charge >= 0.3 is 0 Å². The molecule has 3 N–H and O–H groups in total. The maximum Gasteiger partial charge on any atom is 0.136 e. The molecule has 2 heterocycles. The first-order valence-corrected chi connectivity index (χ1v) is 8.16. The van der Waals surface area contributed by atoms with Crippen LogP contribution in [0.3, 0.4) is 0 Å². The summed E-state index contributed by atoms with van der Waals surface area (Å²) in [5.74, 6) is 1.55. The molecule has 1 aliphatic rings. The first kappa shape index (κ1) is 16.2. The number of piperidine rings is 1. The summed E-state index contributed by atoms with van der Waals surface area (Å²) in [5.41, 5.74) is 8.84. The molecule has 0 radical (unpaired) electrons. The summed E-state index contributed by atoms with van der Waals surface area (Å²) in [6.07, 6.45) is 2.49. The number of nitrogens with zero attached hydrogens (tertiary/aromatic N) is 2. The molecule has 1 aliphatic heterocycles. The van der Waals surface area contributed by atoms with E-state index in [0.717, 1.165) is 35.7 Å². The van der Waals surface area contributed by atoms with E-state index in [0.29, 0.717) is 10.9 Å². The standard InChI is InChI=1S/C16H26N4S/c1-4-20-7-5-13(6-8-20)10-18-16-14(15(17)21)11(2)9-12(3)19-16/h9,13H,4-8,10H2,1-3H3,(H2,17,21)(H,18,19). The van der Waals surface area contributed by atoms with Crippen LogP contribution in [0.5, 0.6) is 0 Å². The average Bonchev–Trinajstić information content (AvgIpc) is 2.44. The Bertz CT molecular complexity index is 507. The van der Waals surface area contributed by atoms with E-state index in [2.05, 4.69) is 22.1 Å². The van der Waals surface area contributed by atoms with E-state index in [-0.39, 0.29) is 0 Å². The fraction of sp³-hybridized carbons (Fsp3) is 0.625. The highest BCUT2D eigenvalue weighted by atomic mass is 32.1. The number of aromatic nitrogens is 1. The van der Waals surface area contributed by atoms with Crippen LogP contribution in [0.25, 0.3) is 0 Å². The summed E-state index contributed by atoms with van der Waals surface area (Å²) < 4.78 is 0. The van der Waals surface area contributed by atoms with Gasteiger partial charge in [-0.05, 0) is 63.9 Å². The van der Waals surface area contributed by atoms with E-state index in [4.69, 9.17) is 18.0 Å². The van der Waals surface area contributed by atoms with Crippen molar-refractivity contribution in [2.24, 2.45) is 11.7 Å². The fourth-order valence-electron chi connectivity index (χ4n) is 3.02. The topological polar surface area (TPSA) is 54.2 Å². The van der Waals surface area contributed by atoms with E-state index < -0.39 is 0 Å². The van der Waals surface area contributed by atoms with Crippen LogP contribution in [0.15, 0.2) is 6.07 Å². The molecule has 0 saturated carbocycles. The van der Waals surface area contributed by atoms with Gasteiger partial charge in [0.15, 0.2) is 0 Å². The van der Waals surface area contributed by atoms with Crippen LogP contribution in [-0.2, 0) is 0 Å². The maximum atomic E-state index is 5.86. The van der Waals surface area contributed by atoms with Crippen molar-refractivity contribution in [1.82, 2.24) is 9.88 Å². The van der Waals surface area contributed by atoms with Crippen molar-refractivity contribution in [2.75, 3.05) is 31.5 Å². The second-order valence-electron chi connectivity index (χ2n) is 5.93. The minimum Gasteiger partial charge on any atom is -0.389 e. The van der Waals surface area contributed by atoms with Gasteiger partial charge in [-0.1, -0.05) is 19.1 Å². The molecule has 116 valence electrons. The smallest absolute Gasteiger partial charge is 0.136 e. The molecule has 0 spiro atoms. The lowest BCUT2D eigenvalue weighted by molar-refractivity contribution is 0.198. The summed E-state index contributed by atoms with van der Waals surface area (Å²) in [6, 6.07) is 2.03. The van der Waals surface area contributed by atoms with Crippen molar-refractivity contribution in [3.8, 4) is 0 Å².